The van der Waals surface area contributed by atoms with Gasteiger partial charge in [-0.15, -0.1) is 0 Å². The number of anilines is 2. The third-order valence-corrected chi connectivity index (χ3v) is 6.10. The first-order chi connectivity index (χ1) is 18.9. The van der Waals surface area contributed by atoms with Crippen molar-refractivity contribution in [3.8, 4) is 23.0 Å². The molecule has 0 aromatic heterocycles. The molecule has 11 heteroatoms. The second kappa shape index (κ2) is 12.7. The molecule has 0 unspecified atom stereocenters. The molecule has 3 N–H and O–H groups in total. The minimum Gasteiger partial charge on any atom is -0.504 e. The van der Waals surface area contributed by atoms with Gasteiger partial charge in [0.1, 0.15) is 0 Å². The molecule has 0 bridgehead atoms. The third kappa shape index (κ3) is 6.57. The largest absolute Gasteiger partial charge is 0.504 e. The maximum absolute atomic E-state index is 13.2. The van der Waals surface area contributed by atoms with Crippen LogP contribution in [0.25, 0.3) is 0 Å². The van der Waals surface area contributed by atoms with Crippen LogP contribution in [0.15, 0.2) is 59.7 Å². The molecular weight excluding hydrogens is 504 g/mol. The van der Waals surface area contributed by atoms with Crippen LogP contribution in [0.3, 0.4) is 0 Å². The van der Waals surface area contributed by atoms with Gasteiger partial charge in [0.05, 0.1) is 52.0 Å². The number of morpholine rings is 1. The number of ether oxygens (including phenoxy) is 4. The summed E-state index contributed by atoms with van der Waals surface area (Å²) in [7, 11) is 4.44. The molecule has 0 spiro atoms. The van der Waals surface area contributed by atoms with Crippen molar-refractivity contribution < 1.29 is 33.6 Å². The molecule has 0 aliphatic carbocycles. The van der Waals surface area contributed by atoms with Gasteiger partial charge < -0.3 is 34.3 Å². The van der Waals surface area contributed by atoms with Gasteiger partial charge in [-0.1, -0.05) is 0 Å². The Kier molecular flexibility index (Phi) is 8.85. The Morgan fingerprint density at radius 3 is 2.36 bits per heavy atom. The molecule has 3 aromatic rings. The number of carbonyl (C=O) groups is 2. The highest BCUT2D eigenvalue weighted by Gasteiger charge is 2.19. The summed E-state index contributed by atoms with van der Waals surface area (Å²) in [6.45, 7) is 2.53. The molecule has 0 radical (unpaired) electrons. The number of rotatable bonds is 9. The average Bonchev–Trinajstić information content (AvgIpc) is 2.98. The Labute approximate surface area is 225 Å². The van der Waals surface area contributed by atoms with E-state index in [0.717, 1.165) is 5.69 Å². The highest BCUT2D eigenvalue weighted by molar-refractivity contribution is 6.09. The van der Waals surface area contributed by atoms with E-state index in [1.165, 1.54) is 33.6 Å². The normalized spacial score (nSPS) is 13.2. The van der Waals surface area contributed by atoms with Crippen molar-refractivity contribution in [2.24, 2.45) is 5.10 Å². The molecule has 0 saturated carbocycles. The van der Waals surface area contributed by atoms with Crippen molar-refractivity contribution in [2.75, 3.05) is 57.8 Å². The Bertz CT molecular complexity index is 1370. The Morgan fingerprint density at radius 2 is 1.64 bits per heavy atom. The van der Waals surface area contributed by atoms with Gasteiger partial charge in [-0.2, -0.15) is 5.10 Å². The van der Waals surface area contributed by atoms with Crippen LogP contribution in [-0.4, -0.2) is 70.8 Å². The number of hydrogen-bond acceptors (Lipinski definition) is 9. The number of nitrogens with zero attached hydrogens (tertiary/aromatic N) is 2. The maximum atomic E-state index is 13.2. The number of hydrogen-bond donors (Lipinski definition) is 3. The van der Waals surface area contributed by atoms with Crippen molar-refractivity contribution in [2.45, 2.75) is 0 Å². The monoisotopic (exact) mass is 534 g/mol. The Morgan fingerprint density at radius 1 is 0.897 bits per heavy atom. The summed E-state index contributed by atoms with van der Waals surface area (Å²) < 4.78 is 21.1. The van der Waals surface area contributed by atoms with Gasteiger partial charge in [0.25, 0.3) is 11.8 Å². The molecule has 1 heterocycles. The molecule has 1 saturated heterocycles. The number of benzene rings is 3. The van der Waals surface area contributed by atoms with E-state index in [9.17, 15) is 14.7 Å². The van der Waals surface area contributed by atoms with E-state index < -0.39 is 11.8 Å². The minimum atomic E-state index is -0.519. The molecule has 4 rings (SSSR count). The quantitative estimate of drug-likeness (QED) is 0.282. The molecular formula is C28H30N4O7. The van der Waals surface area contributed by atoms with E-state index in [-0.39, 0.29) is 17.1 Å². The number of nitrogens with one attached hydrogen (secondary N) is 2. The van der Waals surface area contributed by atoms with Crippen molar-refractivity contribution in [1.82, 2.24) is 5.43 Å². The van der Waals surface area contributed by atoms with E-state index in [1.807, 2.05) is 6.07 Å². The number of methoxy groups -OCH3 is 3. The molecule has 39 heavy (non-hydrogen) atoms. The van der Waals surface area contributed by atoms with Crippen LogP contribution in [0.5, 0.6) is 23.0 Å². The zero-order chi connectivity index (χ0) is 27.8. The fraction of sp³-hybridized carbons (Fsp3) is 0.250. The lowest BCUT2D eigenvalue weighted by atomic mass is 10.1. The summed E-state index contributed by atoms with van der Waals surface area (Å²) in [6, 6.07) is 14.7. The van der Waals surface area contributed by atoms with Crippen molar-refractivity contribution >= 4 is 29.4 Å². The highest BCUT2D eigenvalue weighted by atomic mass is 16.5. The number of aromatic hydroxyl groups is 1. The fourth-order valence-corrected chi connectivity index (χ4v) is 4.02. The first kappa shape index (κ1) is 27.3. The lowest BCUT2D eigenvalue weighted by molar-refractivity contribution is 0.0956. The van der Waals surface area contributed by atoms with E-state index in [4.69, 9.17) is 18.9 Å². The van der Waals surface area contributed by atoms with Crippen LogP contribution < -0.4 is 29.9 Å². The maximum Gasteiger partial charge on any atom is 0.273 e. The molecule has 1 fully saturated rings. The summed E-state index contributed by atoms with van der Waals surface area (Å²) >= 11 is 0. The molecule has 0 atom stereocenters. The van der Waals surface area contributed by atoms with Crippen LogP contribution in [0.2, 0.25) is 0 Å². The topological polar surface area (TPSA) is 131 Å². The van der Waals surface area contributed by atoms with E-state index in [2.05, 4.69) is 20.7 Å². The summed E-state index contributed by atoms with van der Waals surface area (Å²) in [4.78, 5) is 28.5. The van der Waals surface area contributed by atoms with Gasteiger partial charge in [0.15, 0.2) is 23.0 Å². The van der Waals surface area contributed by atoms with Crippen LogP contribution in [0.1, 0.15) is 26.3 Å². The lowest BCUT2D eigenvalue weighted by Gasteiger charge is -2.29. The summed E-state index contributed by atoms with van der Waals surface area (Å²) in [5, 5.41) is 16.6. The van der Waals surface area contributed by atoms with Gasteiger partial charge in [0, 0.05) is 24.3 Å². The SMILES string of the molecule is COc1cc(/C=N/NC(=O)c2cc(N3CCOCC3)ccc2NC(=O)c2ccc(OC)c(OC)c2)ccc1O. The third-order valence-electron chi connectivity index (χ3n) is 6.10. The van der Waals surface area contributed by atoms with Crippen LogP contribution in [-0.2, 0) is 4.74 Å². The standard InChI is InChI=1S/C28H30N4O7/c1-36-24-9-5-19(15-26(24)38-3)27(34)30-22-7-6-20(32-10-12-39-13-11-32)16-21(22)28(35)31-29-17-18-4-8-23(33)25(14-18)37-2/h4-9,14-17,33H,10-13H2,1-3H3,(H,30,34)(H,31,35)/b29-17+. The van der Waals surface area contributed by atoms with Crippen molar-refractivity contribution in [1.29, 1.82) is 0 Å². The first-order valence-corrected chi connectivity index (χ1v) is 12.1. The number of amides is 2. The molecule has 1 aliphatic rings. The number of phenolic OH excluding ortho intramolecular Hbond substituents is 1. The second-order valence-electron chi connectivity index (χ2n) is 8.48. The van der Waals surface area contributed by atoms with Crippen molar-refractivity contribution in [3.05, 3.63) is 71.3 Å². The summed E-state index contributed by atoms with van der Waals surface area (Å²) in [5.41, 5.74) is 4.81. The van der Waals surface area contributed by atoms with Crippen LogP contribution in [0.4, 0.5) is 11.4 Å². The van der Waals surface area contributed by atoms with Crippen molar-refractivity contribution in [3.63, 3.8) is 0 Å². The fourth-order valence-electron chi connectivity index (χ4n) is 4.02. The lowest BCUT2D eigenvalue weighted by Crippen LogP contribution is -2.36. The summed E-state index contributed by atoms with van der Waals surface area (Å²) in [6.07, 6.45) is 1.42. The van der Waals surface area contributed by atoms with Crippen LogP contribution >= 0.6 is 0 Å². The van der Waals surface area contributed by atoms with Gasteiger partial charge in [-0.3, -0.25) is 9.59 Å². The zero-order valence-electron chi connectivity index (χ0n) is 21.9. The minimum absolute atomic E-state index is 0.00604. The predicted molar refractivity (Wildman–Crippen MR) is 147 cm³/mol. The van der Waals surface area contributed by atoms with Gasteiger partial charge in [0.2, 0.25) is 0 Å². The van der Waals surface area contributed by atoms with E-state index in [1.54, 1.807) is 42.5 Å². The smallest absolute Gasteiger partial charge is 0.273 e. The number of carbonyl (C=O) groups excluding carboxylic acids is 2. The Balaban J connectivity index is 1.59. The number of hydrazone groups is 1. The van der Waals surface area contributed by atoms with Gasteiger partial charge in [-0.05, 0) is 60.2 Å². The van der Waals surface area contributed by atoms with Crippen LogP contribution in [0, 0.1) is 0 Å². The first-order valence-electron chi connectivity index (χ1n) is 12.1. The molecule has 3 aromatic carbocycles. The zero-order valence-corrected chi connectivity index (χ0v) is 21.9. The number of phenols is 1. The molecule has 11 nitrogen and oxygen atoms in total. The molecule has 1 aliphatic heterocycles. The van der Waals surface area contributed by atoms with Gasteiger partial charge >= 0.3 is 0 Å². The summed E-state index contributed by atoms with van der Waals surface area (Å²) in [5.74, 6) is 0.231. The predicted octanol–water partition coefficient (Wildman–Crippen LogP) is 3.27. The Hall–Kier alpha value is -4.77. The second-order valence-corrected chi connectivity index (χ2v) is 8.48. The average molecular weight is 535 g/mol. The van der Waals surface area contributed by atoms with Gasteiger partial charge in [-0.25, -0.2) is 5.43 Å². The molecule has 204 valence electrons. The van der Waals surface area contributed by atoms with E-state index >= 15 is 0 Å². The molecule has 2 amide bonds. The van der Waals surface area contributed by atoms with E-state index in [0.29, 0.717) is 54.6 Å². The highest BCUT2D eigenvalue weighted by Crippen LogP contribution is 2.29.